The number of halogens is 2. The number of benzene rings is 1. The van der Waals surface area contributed by atoms with Gasteiger partial charge >= 0.3 is 0 Å². The average molecular weight is 342 g/mol. The normalized spacial score (nSPS) is 16.8. The minimum Gasteiger partial charge on any atom is -0.384 e. The number of hydrogen-bond donors (Lipinski definition) is 2. The summed E-state index contributed by atoms with van der Waals surface area (Å²) in [7, 11) is 1.95. The second kappa shape index (κ2) is 6.57. The number of amidine groups is 1. The van der Waals surface area contributed by atoms with Gasteiger partial charge in [-0.05, 0) is 40.9 Å². The van der Waals surface area contributed by atoms with Gasteiger partial charge in [0.05, 0.1) is 10.2 Å². The molecule has 1 aromatic carbocycles. The van der Waals surface area contributed by atoms with E-state index in [4.69, 9.17) is 11.1 Å². The highest BCUT2D eigenvalue weighted by atomic mass is 79.9. The SMILES string of the molecule is CN(c1ccc(C(=N)N)c(Br)c1F)C1CCCCCC1. The Hall–Kier alpha value is -1.10. The van der Waals surface area contributed by atoms with Crippen LogP contribution in [-0.2, 0) is 0 Å². The summed E-state index contributed by atoms with van der Waals surface area (Å²) < 4.78 is 14.8. The summed E-state index contributed by atoms with van der Waals surface area (Å²) in [5.74, 6) is -0.455. The van der Waals surface area contributed by atoms with Crippen LogP contribution in [0.1, 0.15) is 44.1 Å². The zero-order chi connectivity index (χ0) is 14.7. The van der Waals surface area contributed by atoms with Gasteiger partial charge in [0.25, 0.3) is 0 Å². The molecule has 1 aliphatic carbocycles. The summed E-state index contributed by atoms with van der Waals surface area (Å²) >= 11 is 3.22. The van der Waals surface area contributed by atoms with Gasteiger partial charge in [0.1, 0.15) is 5.84 Å². The van der Waals surface area contributed by atoms with Gasteiger partial charge in [0.2, 0.25) is 0 Å². The number of nitrogen functional groups attached to an aromatic ring is 1. The lowest BCUT2D eigenvalue weighted by atomic mass is 10.1. The van der Waals surface area contributed by atoms with Crippen LogP contribution in [0.15, 0.2) is 16.6 Å². The molecule has 0 saturated heterocycles. The number of anilines is 1. The lowest BCUT2D eigenvalue weighted by Crippen LogP contribution is -2.32. The lowest BCUT2D eigenvalue weighted by Gasteiger charge is -2.30. The summed E-state index contributed by atoms with van der Waals surface area (Å²) in [5.41, 5.74) is 6.43. The molecule has 0 bridgehead atoms. The average Bonchev–Trinajstić information content (AvgIpc) is 2.69. The molecule has 1 aromatic rings. The second-order valence-corrected chi connectivity index (χ2v) is 6.22. The molecule has 0 aromatic heterocycles. The molecule has 1 aliphatic rings. The molecule has 2 rings (SSSR count). The number of nitrogens with zero attached hydrogens (tertiary/aromatic N) is 1. The smallest absolute Gasteiger partial charge is 0.161 e. The van der Waals surface area contributed by atoms with Crippen LogP contribution in [0.4, 0.5) is 10.1 Å². The third-order valence-electron chi connectivity index (χ3n) is 4.10. The van der Waals surface area contributed by atoms with E-state index in [2.05, 4.69) is 15.9 Å². The summed E-state index contributed by atoms with van der Waals surface area (Å²) in [4.78, 5) is 2.04. The molecule has 0 heterocycles. The van der Waals surface area contributed by atoms with Crippen LogP contribution in [-0.4, -0.2) is 18.9 Å². The minimum atomic E-state index is -0.329. The van der Waals surface area contributed by atoms with Crippen molar-refractivity contribution >= 4 is 27.5 Å². The Morgan fingerprint density at radius 2 is 1.90 bits per heavy atom. The molecule has 0 radical (unpaired) electrons. The first-order valence-electron chi connectivity index (χ1n) is 7.07. The first-order chi connectivity index (χ1) is 9.52. The fourth-order valence-corrected chi connectivity index (χ4v) is 3.41. The van der Waals surface area contributed by atoms with Crippen LogP contribution in [0.3, 0.4) is 0 Å². The molecule has 20 heavy (non-hydrogen) atoms. The van der Waals surface area contributed by atoms with Crippen molar-refractivity contribution in [3.05, 3.63) is 28.0 Å². The van der Waals surface area contributed by atoms with Crippen LogP contribution in [0.2, 0.25) is 0 Å². The van der Waals surface area contributed by atoms with E-state index in [0.29, 0.717) is 17.3 Å². The predicted octanol–water partition coefficient (Wildman–Crippen LogP) is 4.03. The maximum absolute atomic E-state index is 14.5. The van der Waals surface area contributed by atoms with Crippen molar-refractivity contribution in [2.24, 2.45) is 5.73 Å². The van der Waals surface area contributed by atoms with E-state index in [1.54, 1.807) is 12.1 Å². The van der Waals surface area contributed by atoms with Gasteiger partial charge in [0, 0.05) is 18.7 Å². The van der Waals surface area contributed by atoms with Crippen LogP contribution < -0.4 is 10.6 Å². The minimum absolute atomic E-state index is 0.126. The number of nitrogens with two attached hydrogens (primary N) is 1. The molecule has 0 unspecified atom stereocenters. The third kappa shape index (κ3) is 3.14. The van der Waals surface area contributed by atoms with Crippen molar-refractivity contribution in [2.45, 2.75) is 44.6 Å². The van der Waals surface area contributed by atoms with Crippen molar-refractivity contribution in [1.29, 1.82) is 5.41 Å². The van der Waals surface area contributed by atoms with E-state index in [0.717, 1.165) is 12.8 Å². The van der Waals surface area contributed by atoms with E-state index >= 15 is 0 Å². The Balaban J connectivity index is 2.27. The van der Waals surface area contributed by atoms with E-state index in [1.807, 2.05) is 11.9 Å². The molecule has 5 heteroatoms. The molecule has 1 saturated carbocycles. The molecule has 110 valence electrons. The Morgan fingerprint density at radius 3 is 2.45 bits per heavy atom. The Morgan fingerprint density at radius 1 is 1.30 bits per heavy atom. The summed E-state index contributed by atoms with van der Waals surface area (Å²) in [5, 5.41) is 7.44. The van der Waals surface area contributed by atoms with Crippen molar-refractivity contribution in [2.75, 3.05) is 11.9 Å². The quantitative estimate of drug-likeness (QED) is 0.495. The number of rotatable bonds is 3. The fraction of sp³-hybridized carbons (Fsp3) is 0.533. The standard InChI is InChI=1S/C15H21BrFN3/c1-20(10-6-4-2-3-5-7-10)12-9-8-11(15(18)19)13(16)14(12)17/h8-10H,2-7H2,1H3,(H3,18,19). The first kappa shape index (κ1) is 15.3. The lowest BCUT2D eigenvalue weighted by molar-refractivity contribution is 0.536. The molecule has 0 amide bonds. The van der Waals surface area contributed by atoms with Gasteiger partial charge in [-0.2, -0.15) is 0 Å². The van der Waals surface area contributed by atoms with Gasteiger partial charge in [-0.3, -0.25) is 5.41 Å². The van der Waals surface area contributed by atoms with Gasteiger partial charge in [-0.15, -0.1) is 0 Å². The van der Waals surface area contributed by atoms with Gasteiger partial charge < -0.3 is 10.6 Å². The summed E-state index contributed by atoms with van der Waals surface area (Å²) in [6.07, 6.45) is 7.20. The molecular weight excluding hydrogens is 321 g/mol. The third-order valence-corrected chi connectivity index (χ3v) is 4.88. The molecule has 1 fully saturated rings. The van der Waals surface area contributed by atoms with Gasteiger partial charge in [0.15, 0.2) is 5.82 Å². The molecule has 0 aliphatic heterocycles. The molecule has 0 atom stereocenters. The highest BCUT2D eigenvalue weighted by Gasteiger charge is 2.22. The Bertz CT molecular complexity index is 496. The van der Waals surface area contributed by atoms with E-state index in [1.165, 1.54) is 25.7 Å². The highest BCUT2D eigenvalue weighted by Crippen LogP contribution is 2.32. The molecular formula is C15H21BrFN3. The van der Waals surface area contributed by atoms with E-state index < -0.39 is 0 Å². The van der Waals surface area contributed by atoms with E-state index in [9.17, 15) is 4.39 Å². The molecule has 3 N–H and O–H groups in total. The Labute approximate surface area is 128 Å². The van der Waals surface area contributed by atoms with Crippen molar-refractivity contribution in [3.8, 4) is 0 Å². The maximum Gasteiger partial charge on any atom is 0.161 e. The van der Waals surface area contributed by atoms with Gasteiger partial charge in [-0.25, -0.2) is 4.39 Å². The first-order valence-corrected chi connectivity index (χ1v) is 7.87. The Kier molecular flexibility index (Phi) is 5.02. The largest absolute Gasteiger partial charge is 0.384 e. The monoisotopic (exact) mass is 341 g/mol. The van der Waals surface area contributed by atoms with Crippen molar-refractivity contribution in [1.82, 2.24) is 0 Å². The highest BCUT2D eigenvalue weighted by molar-refractivity contribution is 9.10. The van der Waals surface area contributed by atoms with Crippen LogP contribution in [0.5, 0.6) is 0 Å². The zero-order valence-corrected chi connectivity index (χ0v) is 13.3. The molecule has 0 spiro atoms. The summed E-state index contributed by atoms with van der Waals surface area (Å²) in [6, 6.07) is 3.82. The van der Waals surface area contributed by atoms with Crippen LogP contribution in [0, 0.1) is 11.2 Å². The maximum atomic E-state index is 14.5. The zero-order valence-electron chi connectivity index (χ0n) is 11.8. The van der Waals surface area contributed by atoms with Crippen LogP contribution >= 0.6 is 15.9 Å². The molecule has 3 nitrogen and oxygen atoms in total. The van der Waals surface area contributed by atoms with E-state index in [-0.39, 0.29) is 16.1 Å². The second-order valence-electron chi connectivity index (χ2n) is 5.43. The number of hydrogen-bond acceptors (Lipinski definition) is 2. The van der Waals surface area contributed by atoms with Crippen LogP contribution in [0.25, 0.3) is 0 Å². The summed E-state index contributed by atoms with van der Waals surface area (Å²) in [6.45, 7) is 0. The number of nitrogens with one attached hydrogen (secondary N) is 1. The fourth-order valence-electron chi connectivity index (χ4n) is 2.86. The van der Waals surface area contributed by atoms with Gasteiger partial charge in [-0.1, -0.05) is 25.7 Å². The predicted molar refractivity (Wildman–Crippen MR) is 85.0 cm³/mol. The van der Waals surface area contributed by atoms with Crippen molar-refractivity contribution < 1.29 is 4.39 Å². The van der Waals surface area contributed by atoms with Crippen molar-refractivity contribution in [3.63, 3.8) is 0 Å². The topological polar surface area (TPSA) is 53.1 Å².